The minimum absolute atomic E-state index is 0.171. The number of allylic oxidation sites excluding steroid dienone is 2. The molecule has 4 atom stereocenters. The predicted octanol–water partition coefficient (Wildman–Crippen LogP) is 5.27. The van der Waals surface area contributed by atoms with Crippen molar-refractivity contribution >= 4 is 74.8 Å². The molecule has 0 unspecified atom stereocenters. The zero-order chi connectivity index (χ0) is 21.7. The fraction of sp³-hybridized carbons (Fsp3) is 0.261. The molecule has 0 N–H and O–H groups in total. The second-order valence-corrected chi connectivity index (χ2v) is 10.7. The van der Waals surface area contributed by atoms with Crippen molar-refractivity contribution in [2.75, 3.05) is 0 Å². The van der Waals surface area contributed by atoms with Gasteiger partial charge in [0.25, 0.3) is 11.8 Å². The number of hydrazone groups is 1. The van der Waals surface area contributed by atoms with Gasteiger partial charge in [0.1, 0.15) is 12.4 Å². The molecule has 31 heavy (non-hydrogen) atoms. The van der Waals surface area contributed by atoms with Gasteiger partial charge in [0, 0.05) is 5.02 Å². The van der Waals surface area contributed by atoms with E-state index in [-0.39, 0.29) is 35.5 Å². The zero-order valence-corrected chi connectivity index (χ0v) is 21.2. The van der Waals surface area contributed by atoms with E-state index < -0.39 is 0 Å². The van der Waals surface area contributed by atoms with Gasteiger partial charge in [-0.2, -0.15) is 10.1 Å². The molecule has 1 heterocycles. The Labute approximate surface area is 212 Å². The van der Waals surface area contributed by atoms with Gasteiger partial charge in [-0.05, 0) is 98.8 Å². The minimum atomic E-state index is -0.233. The molecule has 2 aromatic rings. The zero-order valence-electron chi connectivity index (χ0n) is 16.2. The van der Waals surface area contributed by atoms with Crippen LogP contribution in [0.15, 0.2) is 53.7 Å². The average Bonchev–Trinajstić information content (AvgIpc) is 3.42. The maximum Gasteiger partial charge on any atom is 0.254 e. The van der Waals surface area contributed by atoms with E-state index in [4.69, 9.17) is 16.3 Å². The number of rotatable bonds is 5. The molecule has 0 aromatic heterocycles. The van der Waals surface area contributed by atoms with Crippen LogP contribution in [-0.4, -0.2) is 23.0 Å². The summed E-state index contributed by atoms with van der Waals surface area (Å²) in [6.07, 6.45) is 6.66. The summed E-state index contributed by atoms with van der Waals surface area (Å²) in [5, 5.41) is 6.04. The highest BCUT2D eigenvalue weighted by Gasteiger charge is 2.59. The number of carbonyl (C=O) groups excluding carboxylic acids is 2. The Balaban J connectivity index is 1.30. The highest BCUT2D eigenvalue weighted by atomic mass is 127. The van der Waals surface area contributed by atoms with Crippen molar-refractivity contribution in [2.45, 2.75) is 13.0 Å². The highest BCUT2D eigenvalue weighted by molar-refractivity contribution is 14.1. The predicted molar refractivity (Wildman–Crippen MR) is 135 cm³/mol. The van der Waals surface area contributed by atoms with E-state index in [2.05, 4.69) is 62.4 Å². The van der Waals surface area contributed by atoms with Crippen LogP contribution in [0, 0.1) is 30.8 Å². The molecule has 3 aliphatic rings. The molecule has 2 aliphatic carbocycles. The minimum Gasteiger partial charge on any atom is -0.487 e. The number of fused-ring (bicyclic) bond motifs is 5. The number of hydrogen-bond donors (Lipinski definition) is 0. The molecule has 8 heteroatoms. The summed E-state index contributed by atoms with van der Waals surface area (Å²) in [6.45, 7) is 0.437. The van der Waals surface area contributed by atoms with Gasteiger partial charge in [-0.15, -0.1) is 0 Å². The number of hydrogen-bond acceptors (Lipinski definition) is 4. The molecule has 2 amide bonds. The van der Waals surface area contributed by atoms with E-state index in [1.807, 2.05) is 36.4 Å². The van der Waals surface area contributed by atoms with Crippen molar-refractivity contribution in [3.8, 4) is 5.75 Å². The van der Waals surface area contributed by atoms with Crippen LogP contribution in [0.4, 0.5) is 0 Å². The maximum atomic E-state index is 12.8. The number of carbonyl (C=O) groups is 2. The number of benzene rings is 2. The lowest BCUT2D eigenvalue weighted by molar-refractivity contribution is -0.140. The molecular weight excluding hydrogens is 642 g/mol. The van der Waals surface area contributed by atoms with Gasteiger partial charge < -0.3 is 4.74 Å². The molecular formula is C23H17ClI2N2O3. The van der Waals surface area contributed by atoms with Crippen LogP contribution in [0.3, 0.4) is 0 Å². The Morgan fingerprint density at radius 3 is 2.19 bits per heavy atom. The van der Waals surface area contributed by atoms with Crippen LogP contribution in [0.25, 0.3) is 0 Å². The Morgan fingerprint density at radius 2 is 1.61 bits per heavy atom. The van der Waals surface area contributed by atoms with Crippen LogP contribution in [0.2, 0.25) is 5.02 Å². The number of amides is 2. The van der Waals surface area contributed by atoms with Crippen molar-refractivity contribution in [3.63, 3.8) is 0 Å². The van der Waals surface area contributed by atoms with Gasteiger partial charge in [-0.3, -0.25) is 9.59 Å². The molecule has 0 spiro atoms. The molecule has 1 saturated carbocycles. The number of imide groups is 1. The molecule has 1 aliphatic heterocycles. The van der Waals surface area contributed by atoms with Gasteiger partial charge in [0.15, 0.2) is 0 Å². The SMILES string of the molecule is O=C1[C@@H]2[C@H](C(=O)N1N=Cc1cc(I)c(OCc3ccc(Cl)cc3)c(I)c1)[C@H]1C=C[C@H]2C1. The first-order valence-electron chi connectivity index (χ1n) is 9.89. The van der Waals surface area contributed by atoms with Gasteiger partial charge in [0.05, 0.1) is 25.2 Å². The van der Waals surface area contributed by atoms with E-state index in [1.165, 1.54) is 0 Å². The molecule has 2 fully saturated rings. The van der Waals surface area contributed by atoms with Crippen LogP contribution < -0.4 is 4.74 Å². The normalized spacial score (nSPS) is 26.4. The molecule has 2 aromatic carbocycles. The fourth-order valence-electron chi connectivity index (χ4n) is 4.65. The first-order chi connectivity index (χ1) is 14.9. The number of ether oxygens (including phenoxy) is 1. The first kappa shape index (κ1) is 21.4. The summed E-state index contributed by atoms with van der Waals surface area (Å²) in [5.74, 6) is 0.355. The molecule has 1 saturated heterocycles. The summed E-state index contributed by atoms with van der Waals surface area (Å²) in [5.41, 5.74) is 1.84. The van der Waals surface area contributed by atoms with Crippen molar-refractivity contribution in [1.82, 2.24) is 5.01 Å². The fourth-order valence-corrected chi connectivity index (χ4v) is 6.91. The average molecular weight is 659 g/mol. The molecule has 5 rings (SSSR count). The van der Waals surface area contributed by atoms with Crippen LogP contribution in [-0.2, 0) is 16.2 Å². The highest BCUT2D eigenvalue weighted by Crippen LogP contribution is 2.52. The van der Waals surface area contributed by atoms with Crippen LogP contribution in [0.1, 0.15) is 17.5 Å². The number of halogens is 3. The summed E-state index contributed by atoms with van der Waals surface area (Å²) < 4.78 is 7.87. The van der Waals surface area contributed by atoms with Gasteiger partial charge in [-0.1, -0.05) is 35.9 Å². The van der Waals surface area contributed by atoms with Gasteiger partial charge >= 0.3 is 0 Å². The summed E-state index contributed by atoms with van der Waals surface area (Å²) in [4.78, 5) is 25.5. The topological polar surface area (TPSA) is 59.0 Å². The molecule has 158 valence electrons. The maximum absolute atomic E-state index is 12.8. The third kappa shape index (κ3) is 3.93. The van der Waals surface area contributed by atoms with Crippen LogP contribution >= 0.6 is 56.8 Å². The van der Waals surface area contributed by atoms with Crippen molar-refractivity contribution in [3.05, 3.63) is 71.8 Å². The van der Waals surface area contributed by atoms with E-state index in [0.717, 1.165) is 35.4 Å². The third-order valence-corrected chi connectivity index (χ3v) is 7.94. The van der Waals surface area contributed by atoms with Gasteiger partial charge in [-0.25, -0.2) is 0 Å². The van der Waals surface area contributed by atoms with Gasteiger partial charge in [0.2, 0.25) is 0 Å². The summed E-state index contributed by atoms with van der Waals surface area (Å²) in [7, 11) is 0. The lowest BCUT2D eigenvalue weighted by Crippen LogP contribution is -2.28. The Morgan fingerprint density at radius 1 is 1.03 bits per heavy atom. The smallest absolute Gasteiger partial charge is 0.254 e. The number of nitrogens with zero attached hydrogens (tertiary/aromatic N) is 2. The largest absolute Gasteiger partial charge is 0.487 e. The Kier molecular flexibility index (Phi) is 5.85. The van der Waals surface area contributed by atoms with E-state index >= 15 is 0 Å². The van der Waals surface area contributed by atoms with Crippen LogP contribution in [0.5, 0.6) is 5.75 Å². The summed E-state index contributed by atoms with van der Waals surface area (Å²) >= 11 is 10.4. The monoisotopic (exact) mass is 658 g/mol. The second kappa shape index (κ2) is 8.47. The third-order valence-electron chi connectivity index (χ3n) is 6.09. The first-order valence-corrected chi connectivity index (χ1v) is 12.4. The Hall–Kier alpha value is -1.46. The standard InChI is InChI=1S/C23H17ClI2N2O3/c24-16-5-1-12(2-6-16)11-31-21-17(25)7-13(8-18(21)26)10-27-28-22(29)19-14-3-4-15(9-14)20(19)23(28)30/h1-8,10,14-15,19-20H,9,11H2/t14-,15-,19-,20+/m0/s1. The molecule has 5 nitrogen and oxygen atoms in total. The van der Waals surface area contributed by atoms with Crippen molar-refractivity contribution < 1.29 is 14.3 Å². The molecule has 0 radical (unpaired) electrons. The van der Waals surface area contributed by atoms with Crippen molar-refractivity contribution in [2.24, 2.45) is 28.8 Å². The molecule has 2 bridgehead atoms. The quantitative estimate of drug-likeness (QED) is 0.191. The second-order valence-electron chi connectivity index (χ2n) is 7.96. The van der Waals surface area contributed by atoms with Crippen molar-refractivity contribution in [1.29, 1.82) is 0 Å². The summed E-state index contributed by atoms with van der Waals surface area (Å²) in [6, 6.07) is 11.4. The van der Waals surface area contributed by atoms with E-state index in [0.29, 0.717) is 11.6 Å². The van der Waals surface area contributed by atoms with E-state index in [1.54, 1.807) is 6.21 Å². The lowest BCUT2D eigenvalue weighted by atomic mass is 9.85. The van der Waals surface area contributed by atoms with E-state index in [9.17, 15) is 9.59 Å². The lowest BCUT2D eigenvalue weighted by Gasteiger charge is -2.13. The Bertz CT molecular complexity index is 1080.